The molecule has 0 aliphatic heterocycles. The van der Waals surface area contributed by atoms with E-state index in [-0.39, 0.29) is 5.91 Å². The van der Waals surface area contributed by atoms with Crippen molar-refractivity contribution in [3.8, 4) is 0 Å². The second-order valence-electron chi connectivity index (χ2n) is 6.82. The molecule has 0 spiro atoms. The lowest BCUT2D eigenvalue weighted by Crippen LogP contribution is -2.45. The summed E-state index contributed by atoms with van der Waals surface area (Å²) < 4.78 is 0. The Balaban J connectivity index is 1.90. The van der Waals surface area contributed by atoms with Crippen LogP contribution in [-0.2, 0) is 9.59 Å². The molecule has 1 aliphatic carbocycles. The van der Waals surface area contributed by atoms with Gasteiger partial charge in [-0.3, -0.25) is 9.59 Å². The van der Waals surface area contributed by atoms with Gasteiger partial charge in [-0.25, -0.2) is 0 Å². The van der Waals surface area contributed by atoms with Crippen LogP contribution in [0.5, 0.6) is 0 Å². The Labute approximate surface area is 159 Å². The standard InChI is InChI=1S/C19H24Cl2N2O2/c1-19(2,17(24)22-11-10-13-6-4-3-5-7-13)18(25)23-16-9-8-14(20)12-15(16)21/h6,8-9,12H,3-5,7,10-11H2,1-2H3,(H,22,24)(H,23,25). The van der Waals surface area contributed by atoms with E-state index >= 15 is 0 Å². The molecule has 4 nitrogen and oxygen atoms in total. The summed E-state index contributed by atoms with van der Waals surface area (Å²) in [5.74, 6) is -0.711. The Morgan fingerprint density at radius 3 is 2.56 bits per heavy atom. The van der Waals surface area contributed by atoms with Crippen molar-refractivity contribution in [1.29, 1.82) is 0 Å². The molecule has 1 aromatic carbocycles. The number of hydrogen-bond donors (Lipinski definition) is 2. The maximum Gasteiger partial charge on any atom is 0.239 e. The zero-order chi connectivity index (χ0) is 18.4. The van der Waals surface area contributed by atoms with Gasteiger partial charge < -0.3 is 10.6 Å². The lowest BCUT2D eigenvalue weighted by Gasteiger charge is -2.23. The van der Waals surface area contributed by atoms with Gasteiger partial charge in [0.2, 0.25) is 11.8 Å². The van der Waals surface area contributed by atoms with Crippen LogP contribution >= 0.6 is 23.2 Å². The Morgan fingerprint density at radius 1 is 1.16 bits per heavy atom. The fraction of sp³-hybridized carbons (Fsp3) is 0.474. The summed E-state index contributed by atoms with van der Waals surface area (Å²) in [6.07, 6.45) is 7.79. The van der Waals surface area contributed by atoms with Crippen LogP contribution in [0.4, 0.5) is 5.69 Å². The maximum absolute atomic E-state index is 12.5. The molecular formula is C19H24Cl2N2O2. The number of anilines is 1. The summed E-state index contributed by atoms with van der Waals surface area (Å²) in [5.41, 5.74) is 0.621. The molecule has 136 valence electrons. The fourth-order valence-corrected chi connectivity index (χ4v) is 3.12. The number of carbonyl (C=O) groups excluding carboxylic acids is 2. The number of rotatable bonds is 6. The van der Waals surface area contributed by atoms with Crippen molar-refractivity contribution in [2.75, 3.05) is 11.9 Å². The summed E-state index contributed by atoms with van der Waals surface area (Å²) in [6, 6.07) is 4.80. The van der Waals surface area contributed by atoms with Crippen LogP contribution < -0.4 is 10.6 Å². The van der Waals surface area contributed by atoms with Crippen molar-refractivity contribution >= 4 is 40.7 Å². The Morgan fingerprint density at radius 2 is 1.92 bits per heavy atom. The van der Waals surface area contributed by atoms with Crippen LogP contribution in [-0.4, -0.2) is 18.4 Å². The number of carbonyl (C=O) groups is 2. The quantitative estimate of drug-likeness (QED) is 0.539. The highest BCUT2D eigenvalue weighted by atomic mass is 35.5. The van der Waals surface area contributed by atoms with Crippen molar-refractivity contribution in [2.45, 2.75) is 46.0 Å². The van der Waals surface area contributed by atoms with Gasteiger partial charge in [0, 0.05) is 11.6 Å². The molecular weight excluding hydrogens is 359 g/mol. The van der Waals surface area contributed by atoms with Gasteiger partial charge in [-0.1, -0.05) is 34.9 Å². The molecule has 0 fully saturated rings. The van der Waals surface area contributed by atoms with Gasteiger partial charge in [-0.05, 0) is 64.2 Å². The second kappa shape index (κ2) is 8.72. The smallest absolute Gasteiger partial charge is 0.239 e. The van der Waals surface area contributed by atoms with E-state index in [1.807, 2.05) is 0 Å². The average Bonchev–Trinajstić information content (AvgIpc) is 2.58. The molecule has 0 atom stereocenters. The van der Waals surface area contributed by atoms with E-state index in [9.17, 15) is 9.59 Å². The number of amides is 2. The lowest BCUT2D eigenvalue weighted by atomic mass is 9.90. The molecule has 2 N–H and O–H groups in total. The van der Waals surface area contributed by atoms with Crippen LogP contribution in [0.2, 0.25) is 10.0 Å². The third-order valence-corrected chi connectivity index (χ3v) is 4.98. The highest BCUT2D eigenvalue weighted by Gasteiger charge is 2.36. The minimum Gasteiger partial charge on any atom is -0.355 e. The van der Waals surface area contributed by atoms with Gasteiger partial charge in [0.1, 0.15) is 5.41 Å². The molecule has 2 rings (SSSR count). The normalized spacial score (nSPS) is 14.6. The van der Waals surface area contributed by atoms with Crippen LogP contribution in [0.15, 0.2) is 29.8 Å². The van der Waals surface area contributed by atoms with Gasteiger partial charge in [-0.2, -0.15) is 0 Å². The third kappa shape index (κ3) is 5.48. The number of benzene rings is 1. The summed E-state index contributed by atoms with van der Waals surface area (Å²) in [7, 11) is 0. The van der Waals surface area contributed by atoms with Crippen molar-refractivity contribution in [1.82, 2.24) is 5.32 Å². The monoisotopic (exact) mass is 382 g/mol. The summed E-state index contributed by atoms with van der Waals surface area (Å²) >= 11 is 11.9. The summed E-state index contributed by atoms with van der Waals surface area (Å²) in [6.45, 7) is 3.74. The third-order valence-electron chi connectivity index (χ3n) is 4.43. The Bertz CT molecular complexity index is 684. The molecule has 0 saturated carbocycles. The number of nitrogens with one attached hydrogen (secondary N) is 2. The number of hydrogen-bond acceptors (Lipinski definition) is 2. The van der Waals surface area contributed by atoms with Gasteiger partial charge >= 0.3 is 0 Å². The number of allylic oxidation sites excluding steroid dienone is 1. The molecule has 0 radical (unpaired) electrons. The highest BCUT2D eigenvalue weighted by molar-refractivity contribution is 6.36. The first-order chi connectivity index (χ1) is 11.8. The second-order valence-corrected chi connectivity index (χ2v) is 7.66. The summed E-state index contributed by atoms with van der Waals surface area (Å²) in [5, 5.41) is 6.38. The lowest BCUT2D eigenvalue weighted by molar-refractivity contribution is -0.138. The first-order valence-electron chi connectivity index (χ1n) is 8.53. The van der Waals surface area contributed by atoms with Crippen LogP contribution in [0.25, 0.3) is 0 Å². The van der Waals surface area contributed by atoms with Crippen molar-refractivity contribution in [3.63, 3.8) is 0 Å². The first kappa shape index (κ1) is 19.8. The summed E-state index contributed by atoms with van der Waals surface area (Å²) in [4.78, 5) is 24.9. The maximum atomic E-state index is 12.5. The van der Waals surface area contributed by atoms with E-state index in [4.69, 9.17) is 23.2 Å². The van der Waals surface area contributed by atoms with Gasteiger partial charge in [0.05, 0.1) is 10.7 Å². The topological polar surface area (TPSA) is 58.2 Å². The minimum atomic E-state index is -1.20. The average molecular weight is 383 g/mol. The molecule has 1 aromatic rings. The Hall–Kier alpha value is -1.52. The molecule has 6 heteroatoms. The van der Waals surface area contributed by atoms with Gasteiger partial charge in [0.15, 0.2) is 0 Å². The zero-order valence-electron chi connectivity index (χ0n) is 14.6. The van der Waals surface area contributed by atoms with E-state index < -0.39 is 11.3 Å². The SMILES string of the molecule is CC(C)(C(=O)NCCC1=CCCCC1)C(=O)Nc1ccc(Cl)cc1Cl. The molecule has 0 aromatic heterocycles. The van der Waals surface area contributed by atoms with Crippen LogP contribution in [0.1, 0.15) is 46.0 Å². The Kier molecular flexibility index (Phi) is 6.91. The van der Waals surface area contributed by atoms with E-state index in [1.165, 1.54) is 18.4 Å². The van der Waals surface area contributed by atoms with E-state index in [1.54, 1.807) is 32.0 Å². The van der Waals surface area contributed by atoms with E-state index in [0.29, 0.717) is 22.3 Å². The van der Waals surface area contributed by atoms with Crippen LogP contribution in [0.3, 0.4) is 0 Å². The molecule has 0 saturated heterocycles. The molecule has 0 bridgehead atoms. The van der Waals surface area contributed by atoms with Gasteiger partial charge in [-0.15, -0.1) is 0 Å². The van der Waals surface area contributed by atoms with E-state index in [0.717, 1.165) is 19.3 Å². The highest BCUT2D eigenvalue weighted by Crippen LogP contribution is 2.27. The number of halogens is 2. The molecule has 0 heterocycles. The minimum absolute atomic E-state index is 0.300. The molecule has 25 heavy (non-hydrogen) atoms. The largest absolute Gasteiger partial charge is 0.355 e. The van der Waals surface area contributed by atoms with E-state index in [2.05, 4.69) is 16.7 Å². The fourth-order valence-electron chi connectivity index (χ4n) is 2.66. The molecule has 0 unspecified atom stereocenters. The predicted molar refractivity (Wildman–Crippen MR) is 103 cm³/mol. The molecule has 1 aliphatic rings. The van der Waals surface area contributed by atoms with Crippen LogP contribution in [0, 0.1) is 5.41 Å². The van der Waals surface area contributed by atoms with Gasteiger partial charge in [0.25, 0.3) is 0 Å². The predicted octanol–water partition coefficient (Wildman–Crippen LogP) is 4.96. The zero-order valence-corrected chi connectivity index (χ0v) is 16.1. The van der Waals surface area contributed by atoms with Crippen molar-refractivity contribution in [3.05, 3.63) is 39.9 Å². The molecule has 2 amide bonds. The first-order valence-corrected chi connectivity index (χ1v) is 9.29. The van der Waals surface area contributed by atoms with Crippen molar-refractivity contribution in [2.24, 2.45) is 5.41 Å². The van der Waals surface area contributed by atoms with Crippen molar-refractivity contribution < 1.29 is 9.59 Å².